The first kappa shape index (κ1) is 7.34. The Hall–Kier alpha value is 0.230. The molecule has 0 radical (unpaired) electrons. The fourth-order valence-corrected chi connectivity index (χ4v) is 1.37. The maximum atomic E-state index is 5.55. The minimum absolute atomic E-state index is 0.401. The summed E-state index contributed by atoms with van der Waals surface area (Å²) in [6, 6.07) is 0. The molecule has 0 aromatic heterocycles. The minimum Gasteiger partial charge on any atom is -0.402 e. The van der Waals surface area contributed by atoms with Crippen LogP contribution in [0.15, 0.2) is 11.8 Å². The van der Waals surface area contributed by atoms with E-state index in [0.717, 1.165) is 25.0 Å². The molecule has 0 fully saturated rings. The van der Waals surface area contributed by atoms with Crippen molar-refractivity contribution in [2.45, 2.75) is 25.4 Å². The van der Waals surface area contributed by atoms with E-state index in [1.807, 2.05) is 29.1 Å². The maximum Gasteiger partial charge on any atom is 0.110 e. The van der Waals surface area contributed by atoms with Crippen molar-refractivity contribution >= 4 is 23.0 Å². The molecule has 0 heterocycles. The molecule has 3 heteroatoms. The van der Waals surface area contributed by atoms with Gasteiger partial charge in [-0.15, -0.1) is 0 Å². The SMILES string of the molecule is NC1=CCC(OI)CC1. The molecule has 2 nitrogen and oxygen atoms in total. The summed E-state index contributed by atoms with van der Waals surface area (Å²) < 4.78 is 5.11. The first-order valence-electron chi connectivity index (χ1n) is 3.05. The van der Waals surface area contributed by atoms with Crippen LogP contribution in [0.2, 0.25) is 0 Å². The second-order valence-corrected chi connectivity index (χ2v) is 2.77. The smallest absolute Gasteiger partial charge is 0.110 e. The van der Waals surface area contributed by atoms with Crippen LogP contribution in [0.25, 0.3) is 0 Å². The number of halogens is 1. The Labute approximate surface area is 69.1 Å². The molecular formula is C6H10INO. The van der Waals surface area contributed by atoms with Gasteiger partial charge in [0.2, 0.25) is 0 Å². The van der Waals surface area contributed by atoms with Gasteiger partial charge < -0.3 is 8.80 Å². The van der Waals surface area contributed by atoms with Crippen molar-refractivity contribution in [3.8, 4) is 0 Å². The van der Waals surface area contributed by atoms with Crippen LogP contribution in [0.1, 0.15) is 19.3 Å². The van der Waals surface area contributed by atoms with Gasteiger partial charge in [0.05, 0.1) is 6.10 Å². The Morgan fingerprint density at radius 1 is 1.78 bits per heavy atom. The average molecular weight is 239 g/mol. The van der Waals surface area contributed by atoms with Crippen molar-refractivity contribution in [2.24, 2.45) is 5.73 Å². The molecule has 1 atom stereocenters. The lowest BCUT2D eigenvalue weighted by Gasteiger charge is -2.16. The largest absolute Gasteiger partial charge is 0.402 e. The zero-order chi connectivity index (χ0) is 6.69. The van der Waals surface area contributed by atoms with Crippen LogP contribution < -0.4 is 5.73 Å². The van der Waals surface area contributed by atoms with Gasteiger partial charge in [-0.2, -0.15) is 0 Å². The average Bonchev–Trinajstić information content (AvgIpc) is 1.90. The number of hydrogen-bond donors (Lipinski definition) is 1. The topological polar surface area (TPSA) is 35.2 Å². The first-order valence-corrected chi connectivity index (χ1v) is 3.93. The van der Waals surface area contributed by atoms with E-state index in [0.29, 0.717) is 6.10 Å². The van der Waals surface area contributed by atoms with Gasteiger partial charge in [0.15, 0.2) is 0 Å². The Bertz CT molecular complexity index is 124. The van der Waals surface area contributed by atoms with Gasteiger partial charge in [-0.3, -0.25) is 0 Å². The summed E-state index contributed by atoms with van der Waals surface area (Å²) in [5.74, 6) is 0. The van der Waals surface area contributed by atoms with Gasteiger partial charge >= 0.3 is 0 Å². The Morgan fingerprint density at radius 2 is 2.56 bits per heavy atom. The highest BCUT2D eigenvalue weighted by atomic mass is 127. The maximum absolute atomic E-state index is 5.55. The molecule has 9 heavy (non-hydrogen) atoms. The third kappa shape index (κ3) is 2.14. The number of nitrogens with two attached hydrogens (primary N) is 1. The summed E-state index contributed by atoms with van der Waals surface area (Å²) in [6.45, 7) is 0. The van der Waals surface area contributed by atoms with E-state index in [1.165, 1.54) is 0 Å². The van der Waals surface area contributed by atoms with Crippen LogP contribution in [0.5, 0.6) is 0 Å². The van der Waals surface area contributed by atoms with Crippen LogP contribution in [0.3, 0.4) is 0 Å². The van der Waals surface area contributed by atoms with E-state index in [2.05, 4.69) is 0 Å². The zero-order valence-corrected chi connectivity index (χ0v) is 7.30. The van der Waals surface area contributed by atoms with Crippen LogP contribution in [0, 0.1) is 0 Å². The van der Waals surface area contributed by atoms with Crippen LogP contribution in [-0.2, 0) is 3.07 Å². The van der Waals surface area contributed by atoms with Crippen molar-refractivity contribution in [3.63, 3.8) is 0 Å². The number of allylic oxidation sites excluding steroid dienone is 1. The third-order valence-corrected chi connectivity index (χ3v) is 2.24. The normalized spacial score (nSPS) is 27.7. The van der Waals surface area contributed by atoms with Crippen molar-refractivity contribution in [2.75, 3.05) is 0 Å². The highest BCUT2D eigenvalue weighted by Crippen LogP contribution is 2.18. The highest BCUT2D eigenvalue weighted by molar-refractivity contribution is 14.1. The third-order valence-electron chi connectivity index (χ3n) is 1.52. The van der Waals surface area contributed by atoms with Crippen molar-refractivity contribution < 1.29 is 3.07 Å². The predicted molar refractivity (Wildman–Crippen MR) is 45.0 cm³/mol. The second kappa shape index (κ2) is 3.41. The Morgan fingerprint density at radius 3 is 3.00 bits per heavy atom. The molecule has 0 amide bonds. The molecule has 52 valence electrons. The summed E-state index contributed by atoms with van der Waals surface area (Å²) in [5.41, 5.74) is 6.57. The lowest BCUT2D eigenvalue weighted by Crippen LogP contribution is -2.14. The molecule has 1 aliphatic carbocycles. The van der Waals surface area contributed by atoms with Crippen molar-refractivity contribution in [1.82, 2.24) is 0 Å². The lowest BCUT2D eigenvalue weighted by atomic mass is 10.0. The monoisotopic (exact) mass is 239 g/mol. The first-order chi connectivity index (χ1) is 4.33. The van der Waals surface area contributed by atoms with Crippen LogP contribution in [0.4, 0.5) is 0 Å². The summed E-state index contributed by atoms with van der Waals surface area (Å²) in [6.07, 6.45) is 5.50. The number of rotatable bonds is 1. The van der Waals surface area contributed by atoms with E-state index in [-0.39, 0.29) is 0 Å². The minimum atomic E-state index is 0.401. The molecule has 0 saturated carbocycles. The Kier molecular flexibility index (Phi) is 2.78. The van der Waals surface area contributed by atoms with E-state index < -0.39 is 0 Å². The van der Waals surface area contributed by atoms with Crippen LogP contribution in [-0.4, -0.2) is 6.10 Å². The van der Waals surface area contributed by atoms with Crippen LogP contribution >= 0.6 is 23.0 Å². The molecule has 0 aromatic rings. The summed E-state index contributed by atoms with van der Waals surface area (Å²) in [7, 11) is 0. The van der Waals surface area contributed by atoms with Gasteiger partial charge in [0.25, 0.3) is 0 Å². The van der Waals surface area contributed by atoms with Gasteiger partial charge in [-0.25, -0.2) is 0 Å². The fraction of sp³-hybridized carbons (Fsp3) is 0.667. The highest BCUT2D eigenvalue weighted by Gasteiger charge is 2.11. The predicted octanol–water partition coefficient (Wildman–Crippen LogP) is 1.75. The molecule has 2 N–H and O–H groups in total. The van der Waals surface area contributed by atoms with E-state index in [9.17, 15) is 0 Å². The van der Waals surface area contributed by atoms with Gasteiger partial charge in [-0.05, 0) is 19.3 Å². The molecule has 0 aliphatic heterocycles. The van der Waals surface area contributed by atoms with Crippen molar-refractivity contribution in [1.29, 1.82) is 0 Å². The van der Waals surface area contributed by atoms with E-state index in [4.69, 9.17) is 8.80 Å². The molecule has 1 unspecified atom stereocenters. The number of hydrogen-bond acceptors (Lipinski definition) is 2. The van der Waals surface area contributed by atoms with E-state index >= 15 is 0 Å². The lowest BCUT2D eigenvalue weighted by molar-refractivity contribution is 0.262. The van der Waals surface area contributed by atoms with Gasteiger partial charge in [0, 0.05) is 5.70 Å². The Balaban J connectivity index is 2.36. The van der Waals surface area contributed by atoms with E-state index in [1.54, 1.807) is 0 Å². The zero-order valence-electron chi connectivity index (χ0n) is 5.14. The van der Waals surface area contributed by atoms with Gasteiger partial charge in [0.1, 0.15) is 23.0 Å². The molecule has 1 aliphatic rings. The fourth-order valence-electron chi connectivity index (χ4n) is 0.911. The molecule has 0 saturated heterocycles. The summed E-state index contributed by atoms with van der Waals surface area (Å²) >= 11 is 1.94. The second-order valence-electron chi connectivity index (χ2n) is 2.26. The molecular weight excluding hydrogens is 229 g/mol. The molecule has 0 bridgehead atoms. The van der Waals surface area contributed by atoms with Crippen molar-refractivity contribution in [3.05, 3.63) is 11.8 Å². The summed E-state index contributed by atoms with van der Waals surface area (Å²) in [5, 5.41) is 0. The quantitative estimate of drug-likeness (QED) is 0.707. The van der Waals surface area contributed by atoms with Gasteiger partial charge in [-0.1, -0.05) is 6.08 Å². The summed E-state index contributed by atoms with van der Waals surface area (Å²) in [4.78, 5) is 0. The molecule has 0 spiro atoms. The molecule has 0 aromatic carbocycles. The molecule has 1 rings (SSSR count). The standard InChI is InChI=1S/C6H10INO/c7-9-6-3-1-5(8)2-4-6/h1,6H,2-4,8H2.